The lowest BCUT2D eigenvalue weighted by Crippen LogP contribution is -2.34. The average molecular weight is 580 g/mol. The molecule has 0 radical (unpaired) electrons. The van der Waals surface area contributed by atoms with Crippen LogP contribution in [0.3, 0.4) is 0 Å². The SMILES string of the molecule is C=C1C(c2ccccc2)=NC(c2cccc3oc4cc(-n5c6ccccc6c6ccccc65)ccc4c23)NC1c1ccccc1. The molecule has 0 saturated heterocycles. The van der Waals surface area contributed by atoms with Crippen LogP contribution in [0.1, 0.15) is 28.9 Å². The van der Waals surface area contributed by atoms with Crippen molar-refractivity contribution in [2.45, 2.75) is 12.2 Å². The first-order valence-corrected chi connectivity index (χ1v) is 15.3. The Bertz CT molecular complexity index is 2380. The standard InChI is InChI=1S/C41H29N3O/c1-26-39(27-13-4-2-5-14-27)42-41(43-40(26)28-15-6-3-7-16-28)33-19-12-22-36-38(33)32-24-23-29(25-37(32)45-36)44-34-20-10-8-17-30(34)31-18-9-11-21-35(31)44/h2-25,39,41-42H,1H2. The summed E-state index contributed by atoms with van der Waals surface area (Å²) in [5.41, 5.74) is 10.3. The van der Waals surface area contributed by atoms with E-state index in [-0.39, 0.29) is 12.2 Å². The van der Waals surface area contributed by atoms with Crippen molar-refractivity contribution in [3.63, 3.8) is 0 Å². The zero-order valence-corrected chi connectivity index (χ0v) is 24.5. The first kappa shape index (κ1) is 25.8. The van der Waals surface area contributed by atoms with Gasteiger partial charge in [0, 0.05) is 44.4 Å². The topological polar surface area (TPSA) is 42.5 Å². The number of benzene rings is 6. The fraction of sp³-hybridized carbons (Fsp3) is 0.0488. The fourth-order valence-corrected chi connectivity index (χ4v) is 7.01. The molecule has 4 nitrogen and oxygen atoms in total. The molecule has 0 fully saturated rings. The summed E-state index contributed by atoms with van der Waals surface area (Å²) in [6, 6.07) is 50.8. The van der Waals surface area contributed by atoms with Crippen LogP contribution in [0.5, 0.6) is 0 Å². The molecule has 2 unspecified atom stereocenters. The van der Waals surface area contributed by atoms with E-state index in [0.717, 1.165) is 55.6 Å². The molecular weight excluding hydrogens is 550 g/mol. The molecule has 9 rings (SSSR count). The Morgan fingerprint density at radius 1 is 0.622 bits per heavy atom. The highest BCUT2D eigenvalue weighted by Gasteiger charge is 2.31. The molecule has 8 aromatic rings. The third-order valence-electron chi connectivity index (χ3n) is 9.06. The number of hydrogen-bond donors (Lipinski definition) is 1. The van der Waals surface area contributed by atoms with Crippen molar-refractivity contribution in [1.82, 2.24) is 9.88 Å². The summed E-state index contributed by atoms with van der Waals surface area (Å²) in [5.74, 6) is 0. The van der Waals surface area contributed by atoms with Crippen molar-refractivity contribution in [3.05, 3.63) is 174 Å². The highest BCUT2D eigenvalue weighted by molar-refractivity contribution is 6.14. The third-order valence-corrected chi connectivity index (χ3v) is 9.06. The molecule has 0 saturated carbocycles. The molecule has 2 aromatic heterocycles. The Morgan fingerprint density at radius 2 is 1.29 bits per heavy atom. The number of nitrogens with zero attached hydrogens (tertiary/aromatic N) is 2. The van der Waals surface area contributed by atoms with E-state index in [4.69, 9.17) is 9.41 Å². The predicted octanol–water partition coefficient (Wildman–Crippen LogP) is 10.1. The molecule has 2 atom stereocenters. The minimum Gasteiger partial charge on any atom is -0.456 e. The summed E-state index contributed by atoms with van der Waals surface area (Å²) >= 11 is 0. The van der Waals surface area contributed by atoms with E-state index in [1.807, 2.05) is 12.1 Å². The molecule has 214 valence electrons. The molecule has 45 heavy (non-hydrogen) atoms. The normalized spacial score (nSPS) is 17.0. The van der Waals surface area contributed by atoms with E-state index in [9.17, 15) is 0 Å². The van der Waals surface area contributed by atoms with Crippen molar-refractivity contribution in [3.8, 4) is 5.69 Å². The zero-order valence-electron chi connectivity index (χ0n) is 24.5. The fourth-order valence-electron chi connectivity index (χ4n) is 7.01. The number of nitrogens with one attached hydrogen (secondary N) is 1. The summed E-state index contributed by atoms with van der Waals surface area (Å²) in [6.07, 6.45) is -0.294. The van der Waals surface area contributed by atoms with Crippen LogP contribution in [0, 0.1) is 0 Å². The second-order valence-corrected chi connectivity index (χ2v) is 11.7. The van der Waals surface area contributed by atoms with Gasteiger partial charge in [-0.25, -0.2) is 0 Å². The number of para-hydroxylation sites is 2. The summed E-state index contributed by atoms with van der Waals surface area (Å²) < 4.78 is 8.91. The van der Waals surface area contributed by atoms with Gasteiger partial charge < -0.3 is 8.98 Å². The first-order valence-electron chi connectivity index (χ1n) is 15.3. The van der Waals surface area contributed by atoms with Gasteiger partial charge >= 0.3 is 0 Å². The van der Waals surface area contributed by atoms with Crippen LogP contribution in [0.4, 0.5) is 0 Å². The Kier molecular flexibility index (Phi) is 5.83. The van der Waals surface area contributed by atoms with Crippen LogP contribution in [0.15, 0.2) is 167 Å². The van der Waals surface area contributed by atoms with Gasteiger partial charge in [-0.2, -0.15) is 0 Å². The number of fused-ring (bicyclic) bond motifs is 6. The monoisotopic (exact) mass is 579 g/mol. The second kappa shape index (κ2) is 10.2. The molecule has 6 aromatic carbocycles. The first-order chi connectivity index (χ1) is 22.2. The lowest BCUT2D eigenvalue weighted by atomic mass is 9.89. The Balaban J connectivity index is 1.22. The van der Waals surface area contributed by atoms with Crippen molar-refractivity contribution >= 4 is 49.5 Å². The molecular formula is C41H29N3O. The molecule has 0 bridgehead atoms. The third kappa shape index (κ3) is 4.07. The maximum absolute atomic E-state index is 6.58. The van der Waals surface area contributed by atoms with Crippen LogP contribution < -0.4 is 5.32 Å². The molecule has 0 aliphatic carbocycles. The quantitative estimate of drug-likeness (QED) is 0.225. The summed E-state index contributed by atoms with van der Waals surface area (Å²) in [5, 5.41) is 8.46. The summed E-state index contributed by atoms with van der Waals surface area (Å²) in [4.78, 5) is 5.30. The van der Waals surface area contributed by atoms with Crippen molar-refractivity contribution in [1.29, 1.82) is 0 Å². The summed E-state index contributed by atoms with van der Waals surface area (Å²) in [6.45, 7) is 4.52. The molecule has 1 aliphatic rings. The van der Waals surface area contributed by atoms with Gasteiger partial charge in [0.25, 0.3) is 0 Å². The molecule has 3 heterocycles. The lowest BCUT2D eigenvalue weighted by Gasteiger charge is -2.32. The van der Waals surface area contributed by atoms with Gasteiger partial charge in [0.1, 0.15) is 17.3 Å². The van der Waals surface area contributed by atoms with Gasteiger partial charge in [0.05, 0.1) is 22.8 Å². The smallest absolute Gasteiger partial charge is 0.137 e. The predicted molar refractivity (Wildman–Crippen MR) is 185 cm³/mol. The largest absolute Gasteiger partial charge is 0.456 e. The van der Waals surface area contributed by atoms with E-state index >= 15 is 0 Å². The number of rotatable bonds is 4. The maximum Gasteiger partial charge on any atom is 0.137 e. The van der Waals surface area contributed by atoms with Crippen LogP contribution in [-0.2, 0) is 0 Å². The highest BCUT2D eigenvalue weighted by atomic mass is 16.3. The van der Waals surface area contributed by atoms with E-state index < -0.39 is 0 Å². The van der Waals surface area contributed by atoms with Gasteiger partial charge in [0.15, 0.2) is 0 Å². The molecule has 4 heteroatoms. The molecule has 1 aliphatic heterocycles. The van der Waals surface area contributed by atoms with E-state index in [0.29, 0.717) is 0 Å². The second-order valence-electron chi connectivity index (χ2n) is 11.7. The van der Waals surface area contributed by atoms with E-state index in [1.165, 1.54) is 21.8 Å². The minimum absolute atomic E-state index is 0.0840. The Morgan fingerprint density at radius 3 is 2.02 bits per heavy atom. The van der Waals surface area contributed by atoms with Crippen LogP contribution in [0.2, 0.25) is 0 Å². The number of furan rings is 1. The van der Waals surface area contributed by atoms with Gasteiger partial charge in [-0.15, -0.1) is 0 Å². The summed E-state index contributed by atoms with van der Waals surface area (Å²) in [7, 11) is 0. The van der Waals surface area contributed by atoms with Gasteiger partial charge in [-0.05, 0) is 41.5 Å². The van der Waals surface area contributed by atoms with Gasteiger partial charge in [-0.3, -0.25) is 10.3 Å². The zero-order chi connectivity index (χ0) is 29.9. The van der Waals surface area contributed by atoms with E-state index in [1.54, 1.807) is 0 Å². The average Bonchev–Trinajstić information content (AvgIpc) is 3.64. The lowest BCUT2D eigenvalue weighted by molar-refractivity contribution is 0.490. The van der Waals surface area contributed by atoms with Gasteiger partial charge in [-0.1, -0.05) is 116 Å². The van der Waals surface area contributed by atoms with Gasteiger partial charge in [0.2, 0.25) is 0 Å². The van der Waals surface area contributed by atoms with Crippen LogP contribution >= 0.6 is 0 Å². The van der Waals surface area contributed by atoms with Crippen LogP contribution in [0.25, 0.3) is 49.4 Å². The van der Waals surface area contributed by atoms with E-state index in [2.05, 4.69) is 150 Å². The Hall–Kier alpha value is -5.71. The van der Waals surface area contributed by atoms with Crippen LogP contribution in [-0.4, -0.2) is 10.3 Å². The molecule has 0 spiro atoms. The maximum atomic E-state index is 6.58. The highest BCUT2D eigenvalue weighted by Crippen LogP contribution is 2.40. The number of aromatic nitrogens is 1. The molecule has 1 N–H and O–H groups in total. The minimum atomic E-state index is -0.294. The molecule has 0 amide bonds. The Labute approximate surface area is 260 Å². The van der Waals surface area contributed by atoms with Crippen molar-refractivity contribution in [2.75, 3.05) is 0 Å². The number of hydrogen-bond acceptors (Lipinski definition) is 3. The number of aliphatic imine (C=N–C) groups is 1. The van der Waals surface area contributed by atoms with Crippen molar-refractivity contribution < 1.29 is 4.42 Å². The van der Waals surface area contributed by atoms with Crippen molar-refractivity contribution in [2.24, 2.45) is 4.99 Å².